The number of allylic oxidation sites excluding steroid dienone is 3. The van der Waals surface area contributed by atoms with Crippen molar-refractivity contribution in [1.82, 2.24) is 5.32 Å². The molecule has 55 heavy (non-hydrogen) atoms. The van der Waals surface area contributed by atoms with Gasteiger partial charge in [0.15, 0.2) is 6.29 Å². The molecule has 1 fully saturated rings. The van der Waals surface area contributed by atoms with Crippen LogP contribution in [0.25, 0.3) is 0 Å². The quantitative estimate of drug-likeness (QED) is 0.0268. The highest BCUT2D eigenvalue weighted by atomic mass is 16.7. The number of unbranched alkanes of at least 4 members (excludes halogenated alkanes) is 26. The average molecular weight is 782 g/mol. The molecule has 0 radical (unpaired) electrons. The van der Waals surface area contributed by atoms with E-state index in [9.17, 15) is 30.3 Å². The third-order valence-electron chi connectivity index (χ3n) is 11.0. The Hall–Kier alpha value is -1.33. The molecule has 1 aliphatic rings. The van der Waals surface area contributed by atoms with Gasteiger partial charge in [-0.1, -0.05) is 192 Å². The fourth-order valence-electron chi connectivity index (χ4n) is 7.29. The molecule has 324 valence electrons. The van der Waals surface area contributed by atoms with Crippen molar-refractivity contribution in [2.45, 2.75) is 249 Å². The smallest absolute Gasteiger partial charge is 0.220 e. The molecule has 0 aromatic carbocycles. The molecule has 1 rings (SSSR count). The number of amides is 1. The molecule has 0 aromatic heterocycles. The Bertz CT molecular complexity index is 914. The number of aliphatic hydroxyl groups is 5. The second-order valence-corrected chi connectivity index (χ2v) is 16.2. The number of ether oxygens (including phenoxy) is 2. The average Bonchev–Trinajstić information content (AvgIpc) is 3.18. The lowest BCUT2D eigenvalue weighted by molar-refractivity contribution is -0.302. The maximum atomic E-state index is 12.9. The van der Waals surface area contributed by atoms with E-state index in [1.807, 2.05) is 6.08 Å². The van der Waals surface area contributed by atoms with Gasteiger partial charge in [0.25, 0.3) is 0 Å². The molecule has 1 saturated heterocycles. The topological polar surface area (TPSA) is 149 Å². The van der Waals surface area contributed by atoms with E-state index in [0.717, 1.165) is 38.5 Å². The lowest BCUT2D eigenvalue weighted by Gasteiger charge is -2.40. The molecule has 0 aromatic rings. The highest BCUT2D eigenvalue weighted by molar-refractivity contribution is 5.76. The minimum absolute atomic E-state index is 0.185. The van der Waals surface area contributed by atoms with Crippen LogP contribution in [-0.4, -0.2) is 87.5 Å². The predicted octanol–water partition coefficient (Wildman–Crippen LogP) is 9.50. The van der Waals surface area contributed by atoms with Gasteiger partial charge in [0, 0.05) is 6.42 Å². The van der Waals surface area contributed by atoms with E-state index in [2.05, 4.69) is 31.3 Å². The summed E-state index contributed by atoms with van der Waals surface area (Å²) in [4.78, 5) is 12.9. The largest absolute Gasteiger partial charge is 0.394 e. The maximum absolute atomic E-state index is 12.9. The van der Waals surface area contributed by atoms with E-state index in [1.165, 1.54) is 148 Å². The Morgan fingerprint density at radius 3 is 1.53 bits per heavy atom. The number of carbonyl (C=O) groups is 1. The molecule has 9 nitrogen and oxygen atoms in total. The summed E-state index contributed by atoms with van der Waals surface area (Å²) >= 11 is 0. The molecule has 1 aliphatic heterocycles. The Labute approximate surface area is 337 Å². The van der Waals surface area contributed by atoms with Gasteiger partial charge in [-0.05, 0) is 32.1 Å². The molecule has 0 spiro atoms. The molecule has 6 N–H and O–H groups in total. The second kappa shape index (κ2) is 37.0. The third-order valence-corrected chi connectivity index (χ3v) is 11.0. The van der Waals surface area contributed by atoms with Crippen LogP contribution in [0.15, 0.2) is 24.3 Å². The number of nitrogens with one attached hydrogen (secondary N) is 1. The molecule has 0 bridgehead atoms. The van der Waals surface area contributed by atoms with Crippen LogP contribution in [0, 0.1) is 0 Å². The zero-order valence-electron chi connectivity index (χ0n) is 35.4. The van der Waals surface area contributed by atoms with Crippen LogP contribution in [-0.2, 0) is 14.3 Å². The van der Waals surface area contributed by atoms with E-state index in [-0.39, 0.29) is 12.5 Å². The van der Waals surface area contributed by atoms with Crippen molar-refractivity contribution in [2.75, 3.05) is 13.2 Å². The SMILES string of the molecule is CCCCCCCCCCC/C=C/CC/C=C/[C@@H](O)[C@H](CO[C@H]1O[C@@H](CO)[C@H](O)C(O)C1O)NC(=O)CCCCCCCCCCCCCCCCCCC. The zero-order valence-corrected chi connectivity index (χ0v) is 35.4. The standard InChI is InChI=1S/C46H87NO8/c1-3-5-7-9-11-13-15-17-19-20-22-24-26-28-30-32-34-36-42(50)47-39(38-54-46-45(53)44(52)43(51)41(37-48)55-46)40(49)35-33-31-29-27-25-23-21-18-16-14-12-10-8-6-4-2/h25,27,33,35,39-41,43-46,48-49,51-53H,3-24,26,28-32,34,36-38H2,1-2H3,(H,47,50)/b27-25+,35-33+/t39-,40+,41-,43-,44?,45?,46-/m0/s1. The van der Waals surface area contributed by atoms with Crippen molar-refractivity contribution < 1.29 is 39.8 Å². The van der Waals surface area contributed by atoms with Crippen LogP contribution in [0.3, 0.4) is 0 Å². The van der Waals surface area contributed by atoms with Crippen LogP contribution in [0.4, 0.5) is 0 Å². The fraction of sp³-hybridized carbons (Fsp3) is 0.891. The van der Waals surface area contributed by atoms with Gasteiger partial charge in [0.2, 0.25) is 5.91 Å². The first-order chi connectivity index (χ1) is 26.8. The number of aliphatic hydroxyl groups excluding tert-OH is 5. The van der Waals surface area contributed by atoms with Gasteiger partial charge >= 0.3 is 0 Å². The van der Waals surface area contributed by atoms with Gasteiger partial charge in [0.1, 0.15) is 24.4 Å². The Balaban J connectivity index is 2.37. The molecular formula is C46H87NO8. The van der Waals surface area contributed by atoms with Crippen LogP contribution in [0.5, 0.6) is 0 Å². The zero-order chi connectivity index (χ0) is 40.2. The minimum Gasteiger partial charge on any atom is -0.394 e. The normalized spacial score (nSPS) is 21.5. The molecule has 7 atom stereocenters. The van der Waals surface area contributed by atoms with Crippen molar-refractivity contribution in [2.24, 2.45) is 0 Å². The van der Waals surface area contributed by atoms with E-state index in [1.54, 1.807) is 6.08 Å². The Kier molecular flexibility index (Phi) is 34.7. The molecule has 2 unspecified atom stereocenters. The van der Waals surface area contributed by atoms with Crippen molar-refractivity contribution >= 4 is 5.91 Å². The summed E-state index contributed by atoms with van der Waals surface area (Å²) < 4.78 is 11.2. The summed E-state index contributed by atoms with van der Waals surface area (Å²) in [5.41, 5.74) is 0. The van der Waals surface area contributed by atoms with Crippen molar-refractivity contribution in [3.63, 3.8) is 0 Å². The lowest BCUT2D eigenvalue weighted by Crippen LogP contribution is -2.60. The van der Waals surface area contributed by atoms with Gasteiger partial charge in [-0.2, -0.15) is 0 Å². The first-order valence-electron chi connectivity index (χ1n) is 23.1. The number of rotatable bonds is 38. The van der Waals surface area contributed by atoms with Crippen molar-refractivity contribution in [1.29, 1.82) is 0 Å². The van der Waals surface area contributed by atoms with Crippen molar-refractivity contribution in [3.8, 4) is 0 Å². The summed E-state index contributed by atoms with van der Waals surface area (Å²) in [5, 5.41) is 54.1. The summed E-state index contributed by atoms with van der Waals surface area (Å²) in [6.45, 7) is 3.76. The Morgan fingerprint density at radius 1 is 0.600 bits per heavy atom. The molecule has 0 saturated carbocycles. The highest BCUT2D eigenvalue weighted by Gasteiger charge is 2.44. The van der Waals surface area contributed by atoms with Crippen LogP contribution < -0.4 is 5.32 Å². The highest BCUT2D eigenvalue weighted by Crippen LogP contribution is 2.22. The van der Waals surface area contributed by atoms with E-state index >= 15 is 0 Å². The predicted molar refractivity (Wildman–Crippen MR) is 226 cm³/mol. The monoisotopic (exact) mass is 782 g/mol. The first kappa shape index (κ1) is 51.7. The lowest BCUT2D eigenvalue weighted by atomic mass is 9.99. The van der Waals surface area contributed by atoms with Gasteiger partial charge in [-0.3, -0.25) is 4.79 Å². The number of hydrogen-bond acceptors (Lipinski definition) is 8. The minimum atomic E-state index is -1.57. The molecule has 1 heterocycles. The summed E-state index contributed by atoms with van der Waals surface area (Å²) in [5.74, 6) is -0.185. The van der Waals surface area contributed by atoms with Gasteiger partial charge < -0.3 is 40.3 Å². The van der Waals surface area contributed by atoms with Crippen LogP contribution >= 0.6 is 0 Å². The van der Waals surface area contributed by atoms with Crippen molar-refractivity contribution in [3.05, 3.63) is 24.3 Å². The van der Waals surface area contributed by atoms with Gasteiger partial charge in [-0.15, -0.1) is 0 Å². The second-order valence-electron chi connectivity index (χ2n) is 16.2. The Morgan fingerprint density at radius 2 is 1.04 bits per heavy atom. The van der Waals surface area contributed by atoms with Gasteiger partial charge in [0.05, 0.1) is 25.4 Å². The van der Waals surface area contributed by atoms with Crippen LogP contribution in [0.2, 0.25) is 0 Å². The third kappa shape index (κ3) is 27.9. The van der Waals surface area contributed by atoms with Gasteiger partial charge in [-0.25, -0.2) is 0 Å². The van der Waals surface area contributed by atoms with E-state index < -0.39 is 49.5 Å². The summed E-state index contributed by atoms with van der Waals surface area (Å²) in [6, 6.07) is -0.816. The van der Waals surface area contributed by atoms with E-state index in [4.69, 9.17) is 9.47 Å². The molecule has 9 heteroatoms. The molecular weight excluding hydrogens is 695 g/mol. The number of carbonyl (C=O) groups excluding carboxylic acids is 1. The maximum Gasteiger partial charge on any atom is 0.220 e. The first-order valence-corrected chi connectivity index (χ1v) is 23.1. The molecule has 0 aliphatic carbocycles. The summed E-state index contributed by atoms with van der Waals surface area (Å²) in [6.07, 6.45) is 36.5. The fourth-order valence-corrected chi connectivity index (χ4v) is 7.29. The summed E-state index contributed by atoms with van der Waals surface area (Å²) in [7, 11) is 0. The van der Waals surface area contributed by atoms with E-state index in [0.29, 0.717) is 6.42 Å². The molecule has 1 amide bonds. The number of hydrogen-bond donors (Lipinski definition) is 6. The van der Waals surface area contributed by atoms with Crippen LogP contribution in [0.1, 0.15) is 206 Å².